The summed E-state index contributed by atoms with van der Waals surface area (Å²) in [6, 6.07) is 18.7. The highest BCUT2D eigenvalue weighted by Gasteiger charge is 2.42. The van der Waals surface area contributed by atoms with E-state index in [0.29, 0.717) is 63.4 Å². The van der Waals surface area contributed by atoms with Crippen LogP contribution in [0.3, 0.4) is 0 Å². The Kier molecular flexibility index (Phi) is 18.5. The van der Waals surface area contributed by atoms with Gasteiger partial charge in [-0.25, -0.2) is 19.9 Å². The molecule has 400 valence electrons. The van der Waals surface area contributed by atoms with Gasteiger partial charge in [0, 0.05) is 50.8 Å². The molecule has 3 atom stereocenters. The zero-order valence-corrected chi connectivity index (χ0v) is 45.5. The standard InChI is InChI=1S/C56H73N11O7S/c1-36(2)67-39(5)61-45-33-58-49(32-47(45)67)62-48-19-23-57-55(63-48)65-25-20-44(21-26-65)74-43-17-11-40(12-18-43)22-27-71-28-29-72-30-31-73-34-50(68)64-52(56(6,7)8)54(70)66-24-9-10-46(66)53(69)60-37(3)41-13-15-42(16-14-41)51-38(4)59-35-75-51/h11-19,23,32-33,35-37,44,46,52H,9-10,20-22,24-31,34H2,1-8H3,(H,60,69)(H,64,68)(H,57,58,62,63). The van der Waals surface area contributed by atoms with Gasteiger partial charge in [-0.15, -0.1) is 11.3 Å². The lowest BCUT2D eigenvalue weighted by atomic mass is 9.85. The van der Waals surface area contributed by atoms with Crippen LogP contribution in [-0.4, -0.2) is 130 Å². The SMILES string of the molecule is Cc1ncsc1-c1ccc(C(C)NC(=O)C2CCCN2C(=O)C(NC(=O)COCCOCCOCCc2ccc(OC3CCN(c4nccc(Nc5cc6c(cn5)nc(C)n6C(C)C)n4)CC3)cc2)C(C)(C)C)cc1. The summed E-state index contributed by atoms with van der Waals surface area (Å²) in [6.07, 6.45) is 7.39. The minimum absolute atomic E-state index is 0.0992. The molecule has 0 radical (unpaired) electrons. The molecule has 3 N–H and O–H groups in total. The number of hydrogen-bond donors (Lipinski definition) is 3. The zero-order valence-electron chi connectivity index (χ0n) is 44.6. The predicted molar refractivity (Wildman–Crippen MR) is 291 cm³/mol. The van der Waals surface area contributed by atoms with Crippen molar-refractivity contribution < 1.29 is 33.3 Å². The molecule has 3 unspecified atom stereocenters. The summed E-state index contributed by atoms with van der Waals surface area (Å²) in [7, 11) is 0. The van der Waals surface area contributed by atoms with Gasteiger partial charge in [-0.1, -0.05) is 57.2 Å². The second-order valence-corrected chi connectivity index (χ2v) is 21.6. The molecule has 0 saturated carbocycles. The van der Waals surface area contributed by atoms with Crippen LogP contribution < -0.4 is 25.6 Å². The van der Waals surface area contributed by atoms with Crippen molar-refractivity contribution in [3.8, 4) is 16.2 Å². The van der Waals surface area contributed by atoms with Crippen LogP contribution in [0.2, 0.25) is 0 Å². The van der Waals surface area contributed by atoms with E-state index in [9.17, 15) is 14.4 Å². The van der Waals surface area contributed by atoms with Gasteiger partial charge in [0.05, 0.1) is 66.9 Å². The summed E-state index contributed by atoms with van der Waals surface area (Å²) in [6.45, 7) is 19.6. The number of fused-ring (bicyclic) bond motifs is 1. The van der Waals surface area contributed by atoms with E-state index in [1.165, 1.54) is 0 Å². The Bertz CT molecular complexity index is 2840. The van der Waals surface area contributed by atoms with Gasteiger partial charge >= 0.3 is 0 Å². The highest BCUT2D eigenvalue weighted by Crippen LogP contribution is 2.31. The van der Waals surface area contributed by atoms with Crippen molar-refractivity contribution in [3.05, 3.63) is 101 Å². The molecule has 0 spiro atoms. The summed E-state index contributed by atoms with van der Waals surface area (Å²) < 4.78 is 25.7. The molecule has 2 saturated heterocycles. The van der Waals surface area contributed by atoms with Gasteiger partial charge in [-0.2, -0.15) is 4.98 Å². The number of ether oxygens (including phenoxy) is 4. The van der Waals surface area contributed by atoms with Crippen LogP contribution in [-0.2, 0) is 35.0 Å². The number of carbonyl (C=O) groups excluding carboxylic acids is 3. The van der Waals surface area contributed by atoms with Gasteiger partial charge in [0.1, 0.15) is 53.5 Å². The number of likely N-dealkylation sites (tertiary alicyclic amines) is 1. The number of rotatable bonds is 23. The summed E-state index contributed by atoms with van der Waals surface area (Å²) >= 11 is 1.60. The van der Waals surface area contributed by atoms with Crippen LogP contribution in [0, 0.1) is 19.3 Å². The van der Waals surface area contributed by atoms with Crippen molar-refractivity contribution >= 4 is 57.7 Å². The smallest absolute Gasteiger partial charge is 0.246 e. The molecule has 0 bridgehead atoms. The molecule has 19 heteroatoms. The fourth-order valence-corrected chi connectivity index (χ4v) is 10.5. The molecule has 8 rings (SSSR count). The van der Waals surface area contributed by atoms with E-state index < -0.39 is 23.4 Å². The summed E-state index contributed by atoms with van der Waals surface area (Å²) in [5, 5.41) is 9.37. The maximum absolute atomic E-state index is 14.0. The van der Waals surface area contributed by atoms with Crippen molar-refractivity contribution in [2.45, 2.75) is 118 Å². The molecule has 18 nitrogen and oxygen atoms in total. The Morgan fingerprint density at radius 3 is 2.21 bits per heavy atom. The second kappa shape index (κ2) is 25.3. The van der Waals surface area contributed by atoms with Crippen LogP contribution in [0.5, 0.6) is 5.75 Å². The number of aromatic nitrogens is 6. The Labute approximate surface area is 444 Å². The Balaban J connectivity index is 0.673. The van der Waals surface area contributed by atoms with Gasteiger partial charge in [-0.3, -0.25) is 14.4 Å². The number of imidazole rings is 1. The van der Waals surface area contributed by atoms with E-state index in [1.807, 2.05) is 95.6 Å². The van der Waals surface area contributed by atoms with Gasteiger partial charge < -0.3 is 49.3 Å². The molecule has 6 aromatic rings. The molecule has 2 aromatic carbocycles. The predicted octanol–water partition coefficient (Wildman–Crippen LogP) is 8.33. The first-order valence-electron chi connectivity index (χ1n) is 26.2. The minimum atomic E-state index is -0.842. The molecule has 2 aliphatic heterocycles. The third-order valence-electron chi connectivity index (χ3n) is 13.7. The first kappa shape index (κ1) is 54.7. The number of benzene rings is 2. The largest absolute Gasteiger partial charge is 0.490 e. The fraction of sp³-hybridized carbons (Fsp3) is 0.500. The number of carbonyl (C=O) groups is 3. The van der Waals surface area contributed by atoms with E-state index in [0.717, 1.165) is 82.2 Å². The number of nitrogens with one attached hydrogen (secondary N) is 3. The topological polar surface area (TPSA) is 200 Å². The average Bonchev–Trinajstić information content (AvgIpc) is 4.15. The molecule has 3 amide bonds. The maximum Gasteiger partial charge on any atom is 0.246 e. The van der Waals surface area contributed by atoms with Crippen molar-refractivity contribution in [2.75, 3.05) is 69.5 Å². The molecule has 4 aromatic heterocycles. The van der Waals surface area contributed by atoms with Crippen LogP contribution in [0.1, 0.15) is 102 Å². The Morgan fingerprint density at radius 1 is 0.800 bits per heavy atom. The van der Waals surface area contributed by atoms with E-state index in [4.69, 9.17) is 23.9 Å². The number of aryl methyl sites for hydroxylation is 2. The Hall–Kier alpha value is -6.54. The highest BCUT2D eigenvalue weighted by atomic mass is 32.1. The van der Waals surface area contributed by atoms with E-state index in [-0.39, 0.29) is 43.2 Å². The molecule has 2 aliphatic rings. The number of anilines is 3. The summed E-state index contributed by atoms with van der Waals surface area (Å²) in [5.74, 6) is 2.99. The van der Waals surface area contributed by atoms with Crippen LogP contribution in [0.25, 0.3) is 21.5 Å². The Morgan fingerprint density at radius 2 is 1.52 bits per heavy atom. The van der Waals surface area contributed by atoms with Crippen molar-refractivity contribution in [1.29, 1.82) is 0 Å². The summed E-state index contributed by atoms with van der Waals surface area (Å²) in [4.78, 5) is 68.6. The lowest BCUT2D eigenvalue weighted by Gasteiger charge is -2.35. The first-order chi connectivity index (χ1) is 36.1. The molecule has 6 heterocycles. The third-order valence-corrected chi connectivity index (χ3v) is 14.6. The molecular weight excluding hydrogens is 971 g/mol. The number of amides is 3. The minimum Gasteiger partial charge on any atom is -0.490 e. The van der Waals surface area contributed by atoms with Gasteiger partial charge in [0.25, 0.3) is 0 Å². The third kappa shape index (κ3) is 14.4. The average molecular weight is 1040 g/mol. The molecule has 2 fully saturated rings. The second-order valence-electron chi connectivity index (χ2n) is 20.7. The van der Waals surface area contributed by atoms with E-state index in [1.54, 1.807) is 28.6 Å². The summed E-state index contributed by atoms with van der Waals surface area (Å²) in [5.41, 5.74) is 7.33. The van der Waals surface area contributed by atoms with Crippen LogP contribution in [0.15, 0.2) is 78.6 Å². The van der Waals surface area contributed by atoms with Crippen molar-refractivity contribution in [1.82, 2.24) is 45.0 Å². The highest BCUT2D eigenvalue weighted by molar-refractivity contribution is 7.13. The monoisotopic (exact) mass is 1040 g/mol. The lowest BCUT2D eigenvalue weighted by molar-refractivity contribution is -0.144. The number of hydrogen-bond acceptors (Lipinski definition) is 15. The van der Waals surface area contributed by atoms with Gasteiger partial charge in [-0.05, 0) is 94.2 Å². The maximum atomic E-state index is 14.0. The molecule has 0 aliphatic carbocycles. The molecular formula is C56H73N11O7S. The fourth-order valence-electron chi connectivity index (χ4n) is 9.65. The number of piperidine rings is 1. The number of pyridine rings is 1. The number of thiazole rings is 1. The molecule has 75 heavy (non-hydrogen) atoms. The van der Waals surface area contributed by atoms with Crippen molar-refractivity contribution in [3.63, 3.8) is 0 Å². The van der Waals surface area contributed by atoms with E-state index in [2.05, 4.69) is 71.3 Å². The van der Waals surface area contributed by atoms with Crippen LogP contribution in [0.4, 0.5) is 17.6 Å². The normalized spacial score (nSPS) is 16.1. The number of nitrogens with zero attached hydrogens (tertiary/aromatic N) is 8. The quantitative estimate of drug-likeness (QED) is 0.0518. The zero-order chi connectivity index (χ0) is 53.1. The van der Waals surface area contributed by atoms with Crippen molar-refractivity contribution in [2.24, 2.45) is 5.41 Å². The first-order valence-corrected chi connectivity index (χ1v) is 27.1. The lowest BCUT2D eigenvalue weighted by Crippen LogP contribution is -2.58. The van der Waals surface area contributed by atoms with E-state index >= 15 is 0 Å². The van der Waals surface area contributed by atoms with Crippen LogP contribution >= 0.6 is 11.3 Å². The van der Waals surface area contributed by atoms with Gasteiger partial charge in [0.15, 0.2) is 0 Å². The van der Waals surface area contributed by atoms with Gasteiger partial charge in [0.2, 0.25) is 23.7 Å².